The van der Waals surface area contributed by atoms with Gasteiger partial charge < -0.3 is 14.3 Å². The van der Waals surface area contributed by atoms with Crippen LogP contribution in [0, 0.1) is 13.8 Å². The molecule has 2 heterocycles. The van der Waals surface area contributed by atoms with E-state index in [0.717, 1.165) is 50.4 Å². The van der Waals surface area contributed by atoms with E-state index in [2.05, 4.69) is 23.7 Å². The monoisotopic (exact) mass is 462 g/mol. The molecule has 173 valence electrons. The fourth-order valence-electron chi connectivity index (χ4n) is 4.65. The average Bonchev–Trinajstić information content (AvgIpc) is 3.20. The van der Waals surface area contributed by atoms with Gasteiger partial charge in [0.25, 0.3) is 0 Å². The Morgan fingerprint density at radius 1 is 1.09 bits per heavy atom. The molecule has 35 heavy (non-hydrogen) atoms. The van der Waals surface area contributed by atoms with Gasteiger partial charge in [-0.25, -0.2) is 9.78 Å². The number of fused-ring (bicyclic) bond motifs is 2. The second kappa shape index (κ2) is 8.62. The van der Waals surface area contributed by atoms with Crippen LogP contribution in [0.25, 0.3) is 22.4 Å². The molecule has 1 aliphatic heterocycles. The van der Waals surface area contributed by atoms with E-state index in [1.54, 1.807) is 12.1 Å². The van der Waals surface area contributed by atoms with Crippen LogP contribution in [0.15, 0.2) is 71.2 Å². The van der Waals surface area contributed by atoms with Crippen LogP contribution in [0.2, 0.25) is 0 Å². The van der Waals surface area contributed by atoms with E-state index < -0.39 is 5.97 Å². The van der Waals surface area contributed by atoms with Crippen LogP contribution in [0.1, 0.15) is 58.2 Å². The summed E-state index contributed by atoms with van der Waals surface area (Å²) >= 11 is 0. The molecule has 0 spiro atoms. The van der Waals surface area contributed by atoms with E-state index in [4.69, 9.17) is 9.15 Å². The Morgan fingerprint density at radius 3 is 2.63 bits per heavy atom. The Hall–Kier alpha value is -4.06. The molecule has 1 aromatic heterocycles. The van der Waals surface area contributed by atoms with E-state index in [-0.39, 0.29) is 11.4 Å². The molecule has 3 aromatic carbocycles. The normalized spacial score (nSPS) is 14.0. The van der Waals surface area contributed by atoms with Gasteiger partial charge in [-0.2, -0.15) is 0 Å². The lowest BCUT2D eigenvalue weighted by molar-refractivity contribution is 0.0698. The third-order valence-electron chi connectivity index (χ3n) is 6.45. The van der Waals surface area contributed by atoms with E-state index >= 15 is 0 Å². The van der Waals surface area contributed by atoms with Crippen molar-refractivity contribution in [2.75, 3.05) is 0 Å². The molecular formula is C29H25BNO4. The summed E-state index contributed by atoms with van der Waals surface area (Å²) in [6.45, 7) is 12.3. The van der Waals surface area contributed by atoms with Gasteiger partial charge in [0.1, 0.15) is 17.0 Å². The van der Waals surface area contributed by atoms with Crippen LogP contribution >= 0.6 is 0 Å². The Bertz CT molecular complexity index is 1550. The predicted molar refractivity (Wildman–Crippen MR) is 139 cm³/mol. The van der Waals surface area contributed by atoms with E-state index in [1.807, 2.05) is 65.3 Å². The minimum absolute atomic E-state index is 0.101. The van der Waals surface area contributed by atoms with E-state index in [0.29, 0.717) is 16.9 Å². The summed E-state index contributed by atoms with van der Waals surface area (Å²) in [5, 5.41) is 9.61. The molecule has 0 fully saturated rings. The molecule has 5 rings (SSSR count). The molecule has 1 radical (unpaired) electrons. The van der Waals surface area contributed by atoms with Gasteiger partial charge in [-0.15, -0.1) is 0 Å². The fourth-order valence-corrected chi connectivity index (χ4v) is 4.65. The molecule has 0 bridgehead atoms. The van der Waals surface area contributed by atoms with Crippen LogP contribution in [0.4, 0.5) is 0 Å². The number of benzene rings is 3. The van der Waals surface area contributed by atoms with Gasteiger partial charge in [0.15, 0.2) is 18.8 Å². The predicted octanol–water partition coefficient (Wildman–Crippen LogP) is 6.07. The Labute approximate surface area is 205 Å². The van der Waals surface area contributed by atoms with Crippen molar-refractivity contribution in [3.63, 3.8) is 0 Å². The summed E-state index contributed by atoms with van der Waals surface area (Å²) in [7, 11) is 1.97. The number of ether oxygens (including phenoxy) is 1. The molecule has 1 unspecified atom stereocenters. The number of hydrogen-bond acceptors (Lipinski definition) is 4. The number of aromatic carboxylic acids is 1. The van der Waals surface area contributed by atoms with Crippen LogP contribution < -0.4 is 10.2 Å². The highest BCUT2D eigenvalue weighted by atomic mass is 16.5. The highest BCUT2D eigenvalue weighted by Gasteiger charge is 2.28. The summed E-state index contributed by atoms with van der Waals surface area (Å²) in [5.41, 5.74) is 8.21. The highest BCUT2D eigenvalue weighted by Crippen LogP contribution is 2.45. The molecule has 1 atom stereocenters. The molecule has 4 aromatic rings. The quantitative estimate of drug-likeness (QED) is 0.365. The largest absolute Gasteiger partial charge is 0.478 e. The number of aryl methyl sites for hydroxylation is 2. The van der Waals surface area contributed by atoms with Crippen molar-refractivity contribution in [1.29, 1.82) is 0 Å². The number of hydrogen-bond donors (Lipinski definition) is 1. The van der Waals surface area contributed by atoms with Gasteiger partial charge in [0.05, 0.1) is 5.56 Å². The van der Waals surface area contributed by atoms with Gasteiger partial charge in [0, 0.05) is 18.1 Å². The lowest BCUT2D eigenvalue weighted by atomic mass is 9.56. The summed E-state index contributed by atoms with van der Waals surface area (Å²) < 4.78 is 12.3. The van der Waals surface area contributed by atoms with E-state index in [9.17, 15) is 9.90 Å². The minimum atomic E-state index is -0.946. The molecule has 0 saturated heterocycles. The van der Waals surface area contributed by atoms with Crippen LogP contribution in [0.3, 0.4) is 0 Å². The van der Waals surface area contributed by atoms with Crippen molar-refractivity contribution >= 4 is 41.1 Å². The Morgan fingerprint density at radius 2 is 1.86 bits per heavy atom. The first-order valence-electron chi connectivity index (χ1n) is 11.5. The zero-order valence-electron chi connectivity index (χ0n) is 20.2. The standard InChI is InChI=1S/C29H25BNO4/c1-15-12-22-16(2)17(3)27(20-10-11-25-26(14-20)34-19(5)31-25)35-28(22)23(13-15)18(4)30-24-9-7-6-8-21(24)29(32)33/h6-14,18H,2H2,1,3-5H3,(H,32,33). The molecule has 5 nitrogen and oxygen atoms in total. The number of aromatic nitrogens is 1. The maximum absolute atomic E-state index is 11.7. The maximum Gasteiger partial charge on any atom is 0.335 e. The fraction of sp³-hybridized carbons (Fsp3) is 0.172. The molecule has 6 heteroatoms. The Kier molecular flexibility index (Phi) is 5.60. The second-order valence-electron chi connectivity index (χ2n) is 9.03. The summed E-state index contributed by atoms with van der Waals surface area (Å²) in [5.74, 6) is 1.04. The SMILES string of the molecule is C=C1C(C)=C(c2ccc3nc(C)oc3c2)Oc2c1cc(C)cc2C(C)[B]c1ccccc1C(=O)O. The van der Waals surface area contributed by atoms with Crippen molar-refractivity contribution in [3.8, 4) is 5.75 Å². The topological polar surface area (TPSA) is 72.6 Å². The van der Waals surface area contributed by atoms with Crippen molar-refractivity contribution in [3.05, 3.63) is 100 Å². The van der Waals surface area contributed by atoms with Gasteiger partial charge >= 0.3 is 5.97 Å². The van der Waals surface area contributed by atoms with Gasteiger partial charge in [-0.05, 0) is 72.3 Å². The molecule has 1 aliphatic rings. The third-order valence-corrected chi connectivity index (χ3v) is 6.45. The number of nitrogens with zero attached hydrogens (tertiary/aromatic N) is 1. The molecule has 0 aliphatic carbocycles. The minimum Gasteiger partial charge on any atom is -0.478 e. The van der Waals surface area contributed by atoms with Crippen LogP contribution in [0.5, 0.6) is 5.75 Å². The molecule has 1 N–H and O–H groups in total. The number of carboxylic acid groups (broad SMARTS) is 1. The highest BCUT2D eigenvalue weighted by molar-refractivity contribution is 6.56. The first-order valence-corrected chi connectivity index (χ1v) is 11.5. The summed E-state index contributed by atoms with van der Waals surface area (Å²) in [6.07, 6.45) is 0. The van der Waals surface area contributed by atoms with Crippen molar-refractivity contribution in [1.82, 2.24) is 4.98 Å². The number of carbonyl (C=O) groups is 1. The number of carboxylic acids is 1. The van der Waals surface area contributed by atoms with E-state index in [1.165, 1.54) is 0 Å². The van der Waals surface area contributed by atoms with Gasteiger partial charge in [-0.1, -0.05) is 43.2 Å². The van der Waals surface area contributed by atoms with Crippen molar-refractivity contribution in [2.45, 2.75) is 33.5 Å². The van der Waals surface area contributed by atoms with Gasteiger partial charge in [-0.3, -0.25) is 0 Å². The lowest BCUT2D eigenvalue weighted by Gasteiger charge is -2.28. The maximum atomic E-state index is 11.7. The van der Waals surface area contributed by atoms with Crippen molar-refractivity contribution in [2.24, 2.45) is 0 Å². The second-order valence-corrected chi connectivity index (χ2v) is 9.03. The lowest BCUT2D eigenvalue weighted by Crippen LogP contribution is -2.27. The Balaban J connectivity index is 1.57. The zero-order chi connectivity index (χ0) is 24.9. The molecular weight excluding hydrogens is 437 g/mol. The summed E-state index contributed by atoms with van der Waals surface area (Å²) in [4.78, 5) is 16.1. The number of allylic oxidation sites excluding steroid dienone is 2. The van der Waals surface area contributed by atoms with Crippen LogP contribution in [-0.4, -0.2) is 23.3 Å². The average molecular weight is 462 g/mol. The smallest absolute Gasteiger partial charge is 0.335 e. The van der Waals surface area contributed by atoms with Crippen molar-refractivity contribution < 1.29 is 19.1 Å². The number of oxazole rings is 1. The summed E-state index contributed by atoms with van der Waals surface area (Å²) in [6, 6.07) is 17.1. The van der Waals surface area contributed by atoms with Crippen LogP contribution in [-0.2, 0) is 0 Å². The first-order chi connectivity index (χ1) is 16.7. The zero-order valence-corrected chi connectivity index (χ0v) is 20.2. The molecule has 0 saturated carbocycles. The number of rotatable bonds is 5. The van der Waals surface area contributed by atoms with Gasteiger partial charge in [0.2, 0.25) is 0 Å². The molecule has 0 amide bonds. The third kappa shape index (κ3) is 4.05. The first kappa shape index (κ1) is 22.7.